The number of rotatable bonds is 0. The number of aryl methyl sites for hydroxylation is 4. The van der Waals surface area contributed by atoms with Gasteiger partial charge in [0.15, 0.2) is 0 Å². The molecule has 0 aliphatic carbocycles. The van der Waals surface area contributed by atoms with Crippen LogP contribution in [0.5, 0.6) is 0 Å². The summed E-state index contributed by atoms with van der Waals surface area (Å²) < 4.78 is 0. The zero-order valence-corrected chi connectivity index (χ0v) is 16.2. The molecule has 0 N–H and O–H groups in total. The van der Waals surface area contributed by atoms with Crippen LogP contribution in [-0.4, -0.2) is 0 Å². The van der Waals surface area contributed by atoms with Crippen LogP contribution in [0.4, 0.5) is 0 Å². The van der Waals surface area contributed by atoms with E-state index in [0.29, 0.717) is 0 Å². The van der Waals surface area contributed by atoms with E-state index >= 15 is 0 Å². The number of hydrogen-bond acceptors (Lipinski definition) is 0. The first-order valence-corrected chi connectivity index (χ1v) is 8.48. The summed E-state index contributed by atoms with van der Waals surface area (Å²) in [6.07, 6.45) is 0. The van der Waals surface area contributed by atoms with E-state index < -0.39 is 0 Å². The molecule has 1 heteroatoms. The SMILES string of the molecule is Cc1ccc2ccccc2c1C.Cc1ccc2ccccc2c1C.[Ni]. The molecule has 0 saturated carbocycles. The third kappa shape index (κ3) is 4.11. The standard InChI is InChI=1S/2C12H12.Ni/c2*1-9-7-8-11-5-3-4-6-12(11)10(9)2;/h2*3-8H,1-2H3;. The second-order valence-electron chi connectivity index (χ2n) is 6.46. The minimum absolute atomic E-state index is 0. The third-order valence-corrected chi connectivity index (χ3v) is 4.94. The van der Waals surface area contributed by atoms with Gasteiger partial charge in [-0.2, -0.15) is 0 Å². The topological polar surface area (TPSA) is 0 Å². The molecule has 0 saturated heterocycles. The van der Waals surface area contributed by atoms with Gasteiger partial charge in [0.25, 0.3) is 0 Å². The summed E-state index contributed by atoms with van der Waals surface area (Å²) in [4.78, 5) is 0. The smallest absolute Gasteiger partial charge is 0 e. The molecule has 0 aliphatic rings. The van der Waals surface area contributed by atoms with E-state index in [1.165, 1.54) is 43.8 Å². The van der Waals surface area contributed by atoms with Crippen LogP contribution in [0.1, 0.15) is 22.3 Å². The molecular weight excluding hydrogens is 347 g/mol. The van der Waals surface area contributed by atoms with Gasteiger partial charge in [0.2, 0.25) is 0 Å². The Labute approximate surface area is 160 Å². The Hall–Kier alpha value is -2.11. The fraction of sp³-hybridized carbons (Fsp3) is 0.167. The van der Waals surface area contributed by atoms with Crippen molar-refractivity contribution in [1.82, 2.24) is 0 Å². The molecular formula is C24H24Ni. The fourth-order valence-corrected chi connectivity index (χ4v) is 3.07. The summed E-state index contributed by atoms with van der Waals surface area (Å²) in [5, 5.41) is 5.41. The Morgan fingerprint density at radius 3 is 1.20 bits per heavy atom. The molecule has 0 aromatic heterocycles. The van der Waals surface area contributed by atoms with Crippen molar-refractivity contribution in [2.75, 3.05) is 0 Å². The number of hydrogen-bond donors (Lipinski definition) is 0. The monoisotopic (exact) mass is 370 g/mol. The molecule has 0 heterocycles. The van der Waals surface area contributed by atoms with Crippen molar-refractivity contribution >= 4 is 21.5 Å². The summed E-state index contributed by atoms with van der Waals surface area (Å²) in [6.45, 7) is 8.67. The number of benzene rings is 4. The van der Waals surface area contributed by atoms with Crippen LogP contribution in [0.15, 0.2) is 72.8 Å². The Kier molecular flexibility index (Phi) is 6.40. The van der Waals surface area contributed by atoms with Gasteiger partial charge in [-0.3, -0.25) is 0 Å². The molecule has 0 unspecified atom stereocenters. The van der Waals surface area contributed by atoms with Gasteiger partial charge in [-0.15, -0.1) is 0 Å². The predicted molar refractivity (Wildman–Crippen MR) is 107 cm³/mol. The van der Waals surface area contributed by atoms with E-state index in [1.807, 2.05) is 0 Å². The molecule has 4 rings (SSSR count). The van der Waals surface area contributed by atoms with E-state index in [1.54, 1.807) is 0 Å². The van der Waals surface area contributed by atoms with E-state index in [0.717, 1.165) is 0 Å². The molecule has 0 aliphatic heterocycles. The predicted octanol–water partition coefficient (Wildman–Crippen LogP) is 6.91. The summed E-state index contributed by atoms with van der Waals surface area (Å²) >= 11 is 0. The quantitative estimate of drug-likeness (QED) is 0.295. The van der Waals surface area contributed by atoms with E-state index in [4.69, 9.17) is 0 Å². The molecule has 0 radical (unpaired) electrons. The molecule has 0 nitrogen and oxygen atoms in total. The zero-order valence-electron chi connectivity index (χ0n) is 15.2. The summed E-state index contributed by atoms with van der Waals surface area (Å²) in [6, 6.07) is 25.7. The second kappa shape index (κ2) is 8.32. The van der Waals surface area contributed by atoms with E-state index in [2.05, 4.69) is 100 Å². The Morgan fingerprint density at radius 1 is 0.440 bits per heavy atom. The molecule has 130 valence electrons. The summed E-state index contributed by atoms with van der Waals surface area (Å²) in [5.74, 6) is 0. The van der Waals surface area contributed by atoms with Gasteiger partial charge in [-0.05, 0) is 71.5 Å². The van der Waals surface area contributed by atoms with Gasteiger partial charge in [0.1, 0.15) is 0 Å². The third-order valence-electron chi connectivity index (χ3n) is 4.94. The van der Waals surface area contributed by atoms with Crippen LogP contribution >= 0.6 is 0 Å². The molecule has 0 amide bonds. The first-order chi connectivity index (χ1) is 11.6. The van der Waals surface area contributed by atoms with Gasteiger partial charge >= 0.3 is 0 Å². The van der Waals surface area contributed by atoms with Crippen molar-refractivity contribution in [2.45, 2.75) is 27.7 Å². The normalized spacial score (nSPS) is 10.1. The van der Waals surface area contributed by atoms with Crippen molar-refractivity contribution in [3.63, 3.8) is 0 Å². The van der Waals surface area contributed by atoms with Crippen molar-refractivity contribution < 1.29 is 16.5 Å². The maximum absolute atomic E-state index is 2.18. The second-order valence-corrected chi connectivity index (χ2v) is 6.46. The average molecular weight is 371 g/mol. The molecule has 0 spiro atoms. The molecule has 0 atom stereocenters. The zero-order chi connectivity index (χ0) is 17.1. The first-order valence-electron chi connectivity index (χ1n) is 8.48. The van der Waals surface area contributed by atoms with Crippen LogP contribution in [0.25, 0.3) is 21.5 Å². The van der Waals surface area contributed by atoms with Crippen LogP contribution in [0, 0.1) is 27.7 Å². The van der Waals surface area contributed by atoms with Crippen molar-refractivity contribution in [3.05, 3.63) is 95.1 Å². The van der Waals surface area contributed by atoms with Gasteiger partial charge in [-0.25, -0.2) is 0 Å². The molecule has 0 fully saturated rings. The van der Waals surface area contributed by atoms with Gasteiger partial charge < -0.3 is 0 Å². The van der Waals surface area contributed by atoms with Crippen LogP contribution in [0.2, 0.25) is 0 Å². The number of fused-ring (bicyclic) bond motifs is 2. The molecule has 25 heavy (non-hydrogen) atoms. The van der Waals surface area contributed by atoms with Gasteiger partial charge in [0, 0.05) is 16.5 Å². The van der Waals surface area contributed by atoms with Gasteiger partial charge in [-0.1, -0.05) is 72.8 Å². The Morgan fingerprint density at radius 2 is 0.800 bits per heavy atom. The maximum atomic E-state index is 2.18. The van der Waals surface area contributed by atoms with E-state index in [9.17, 15) is 0 Å². The van der Waals surface area contributed by atoms with Gasteiger partial charge in [0.05, 0.1) is 0 Å². The summed E-state index contributed by atoms with van der Waals surface area (Å²) in [7, 11) is 0. The van der Waals surface area contributed by atoms with Crippen molar-refractivity contribution in [1.29, 1.82) is 0 Å². The average Bonchev–Trinajstić information content (AvgIpc) is 2.62. The van der Waals surface area contributed by atoms with Crippen molar-refractivity contribution in [2.24, 2.45) is 0 Å². The minimum atomic E-state index is 0. The maximum Gasteiger partial charge on any atom is 0 e. The van der Waals surface area contributed by atoms with Crippen LogP contribution in [0.3, 0.4) is 0 Å². The first kappa shape index (κ1) is 19.2. The summed E-state index contributed by atoms with van der Waals surface area (Å²) in [5.41, 5.74) is 5.53. The fourth-order valence-electron chi connectivity index (χ4n) is 3.07. The Bertz CT molecular complexity index is 916. The van der Waals surface area contributed by atoms with Crippen LogP contribution in [-0.2, 0) is 16.5 Å². The largest absolute Gasteiger partial charge is 0.0616 e. The molecule has 4 aromatic carbocycles. The minimum Gasteiger partial charge on any atom is -0.0616 e. The molecule has 0 bridgehead atoms. The molecule has 4 aromatic rings. The Balaban J connectivity index is 0.000000173. The van der Waals surface area contributed by atoms with Crippen molar-refractivity contribution in [3.8, 4) is 0 Å². The van der Waals surface area contributed by atoms with E-state index in [-0.39, 0.29) is 16.5 Å². The van der Waals surface area contributed by atoms with Crippen LogP contribution < -0.4 is 0 Å².